The van der Waals surface area contributed by atoms with E-state index in [9.17, 15) is 48.4 Å². The standard InChI is InChI=1S/C9H14N2O12P2.C6H12O6.3Na/c12-5-1-2-11(9(15)10-5)8-7(14)6(13)4(22-8)3-21-25(19,20)23-24(16,17)18;7-1-3(9)5(11)6(12)4(10)2-8;;;/h1-2,4,6-8,13-14H,3H2,(H,19,20)(H,10,12,15)(H2,16,17,18);1,3-6,8-12H,2H2;;;/q;;3*+1/p-3/t4-,6-,7-,8-;;;;/m1..../s1. The first kappa shape index (κ1) is 45.7. The van der Waals surface area contributed by atoms with Gasteiger partial charge in [-0.3, -0.25) is 23.2 Å². The SMILES string of the molecule is O=CC(O)C(O)C(O)C(O)CO.O=c1ccn([C@@H]2O[C@H](COP(=O)([O-])OP(=O)([O-])[O-])[C@@H](O)[C@H]2O)c(=O)[nH]1.[Na+].[Na+].[Na+]. The number of carbonyl (C=O) groups is 1. The van der Waals surface area contributed by atoms with Gasteiger partial charge in [-0.15, -0.1) is 0 Å². The molecule has 0 amide bonds. The largest absolute Gasteiger partial charge is 1.00 e. The Morgan fingerprint density at radius 1 is 1.05 bits per heavy atom. The molecule has 1 saturated heterocycles. The molecular weight excluding hydrogens is 627 g/mol. The van der Waals surface area contributed by atoms with Crippen LogP contribution < -0.4 is 115 Å². The predicted octanol–water partition coefficient (Wildman–Crippen LogP) is -16.9. The van der Waals surface area contributed by atoms with E-state index in [4.69, 9.17) is 30.3 Å². The van der Waals surface area contributed by atoms with Gasteiger partial charge < -0.3 is 69.0 Å². The van der Waals surface area contributed by atoms with E-state index in [0.717, 1.165) is 16.8 Å². The maximum atomic E-state index is 11.6. The number of rotatable bonds is 11. The molecule has 25 heteroatoms. The average molecular weight is 650 g/mol. The van der Waals surface area contributed by atoms with Crippen molar-refractivity contribution in [3.05, 3.63) is 33.1 Å². The molecule has 0 radical (unpaired) electrons. The summed E-state index contributed by atoms with van der Waals surface area (Å²) in [5.41, 5.74) is -1.69. The van der Waals surface area contributed by atoms with Crippen molar-refractivity contribution in [1.29, 1.82) is 0 Å². The van der Waals surface area contributed by atoms with Gasteiger partial charge in [-0.05, 0) is 0 Å². The van der Waals surface area contributed by atoms with Gasteiger partial charge in [0.1, 0.15) is 42.7 Å². The van der Waals surface area contributed by atoms with Crippen molar-refractivity contribution < 1.29 is 167 Å². The Kier molecular flexibility index (Phi) is 23.3. The molecule has 1 aliphatic rings. The Hall–Kier alpha value is 1.29. The zero-order chi connectivity index (χ0) is 28.7. The smallest absolute Gasteiger partial charge is 0.790 e. The minimum Gasteiger partial charge on any atom is -0.790 e. The molecule has 2 rings (SSSR count). The molecule has 9 atom stereocenters. The summed E-state index contributed by atoms with van der Waals surface area (Å²) in [5.74, 6) is 0. The molecule has 5 unspecified atom stereocenters. The number of ether oxygens (including phenoxy) is 1. The molecule has 8 N–H and O–H groups in total. The van der Waals surface area contributed by atoms with Gasteiger partial charge in [-0.25, -0.2) is 4.79 Å². The molecular formula is C15H23N2Na3O18P2. The number of aromatic nitrogens is 2. The van der Waals surface area contributed by atoms with E-state index in [-0.39, 0.29) is 95.0 Å². The third-order valence-corrected chi connectivity index (χ3v) is 6.55. The predicted molar refractivity (Wildman–Crippen MR) is 107 cm³/mol. The van der Waals surface area contributed by atoms with Crippen LogP contribution in [0.1, 0.15) is 6.23 Å². The summed E-state index contributed by atoms with van der Waals surface area (Å²) >= 11 is 0. The number of hydrogen-bond donors (Lipinski definition) is 8. The molecule has 0 bridgehead atoms. The molecule has 2 heterocycles. The third kappa shape index (κ3) is 14.8. The number of nitrogens with one attached hydrogen (secondary N) is 1. The maximum Gasteiger partial charge on any atom is 1.00 e. The molecule has 1 aromatic rings. The van der Waals surface area contributed by atoms with Crippen LogP contribution in [0, 0.1) is 0 Å². The number of aromatic amines is 1. The van der Waals surface area contributed by atoms with Gasteiger partial charge in [-0.2, -0.15) is 0 Å². The molecule has 0 saturated carbocycles. The van der Waals surface area contributed by atoms with Gasteiger partial charge in [0.2, 0.25) is 0 Å². The minimum atomic E-state index is -5.88. The van der Waals surface area contributed by atoms with Gasteiger partial charge in [0, 0.05) is 12.3 Å². The number of aliphatic hydroxyl groups excluding tert-OH is 7. The number of hydrogen-bond acceptors (Lipinski definition) is 18. The van der Waals surface area contributed by atoms with Crippen LogP contribution in [0.25, 0.3) is 0 Å². The first-order chi connectivity index (χ1) is 16.9. The summed E-state index contributed by atoms with van der Waals surface area (Å²) in [6.45, 7) is -1.78. The van der Waals surface area contributed by atoms with Crippen molar-refractivity contribution in [3.8, 4) is 0 Å². The van der Waals surface area contributed by atoms with Gasteiger partial charge in [-0.1, -0.05) is 0 Å². The fraction of sp³-hybridized carbons (Fsp3) is 0.667. The molecule has 0 spiro atoms. The van der Waals surface area contributed by atoms with Crippen LogP contribution in [0.5, 0.6) is 0 Å². The minimum absolute atomic E-state index is 0. The Balaban J connectivity index is -0.000000787. The van der Waals surface area contributed by atoms with Crippen molar-refractivity contribution in [2.75, 3.05) is 13.2 Å². The summed E-state index contributed by atoms with van der Waals surface area (Å²) < 4.78 is 34.6. The molecule has 1 aromatic heterocycles. The molecule has 20 nitrogen and oxygen atoms in total. The van der Waals surface area contributed by atoms with Crippen LogP contribution in [0.15, 0.2) is 21.9 Å². The van der Waals surface area contributed by atoms with Gasteiger partial charge >= 0.3 is 94.4 Å². The van der Waals surface area contributed by atoms with Crippen molar-refractivity contribution >= 4 is 21.9 Å². The Morgan fingerprint density at radius 3 is 2.05 bits per heavy atom. The number of aldehydes is 1. The summed E-state index contributed by atoms with van der Waals surface area (Å²) in [7, 11) is -11.4. The fourth-order valence-electron chi connectivity index (χ4n) is 2.65. The van der Waals surface area contributed by atoms with Gasteiger partial charge in [0.15, 0.2) is 12.5 Å². The molecule has 1 aliphatic heterocycles. The van der Waals surface area contributed by atoms with Crippen LogP contribution in [-0.4, -0.2) is 108 Å². The summed E-state index contributed by atoms with van der Waals surface area (Å²) in [6, 6.07) is 0.938. The first-order valence-corrected chi connectivity index (χ1v) is 12.7. The second kappa shape index (κ2) is 20.3. The number of nitrogens with zero attached hydrogens (tertiary/aromatic N) is 1. The van der Waals surface area contributed by atoms with E-state index in [1.165, 1.54) is 0 Å². The second-order valence-electron chi connectivity index (χ2n) is 7.19. The number of aliphatic hydroxyl groups is 7. The van der Waals surface area contributed by atoms with Crippen LogP contribution in [0.4, 0.5) is 0 Å². The second-order valence-corrected chi connectivity index (χ2v) is 9.89. The van der Waals surface area contributed by atoms with Crippen LogP contribution >= 0.6 is 15.6 Å². The van der Waals surface area contributed by atoms with E-state index in [2.05, 4.69) is 8.83 Å². The summed E-state index contributed by atoms with van der Waals surface area (Å²) in [6.07, 6.45) is -12.3. The summed E-state index contributed by atoms with van der Waals surface area (Å²) in [4.78, 5) is 66.1. The van der Waals surface area contributed by atoms with E-state index in [1.54, 1.807) is 0 Å². The van der Waals surface area contributed by atoms with E-state index in [1.807, 2.05) is 4.98 Å². The van der Waals surface area contributed by atoms with E-state index >= 15 is 0 Å². The summed E-state index contributed by atoms with van der Waals surface area (Å²) in [5, 5.41) is 63.2. The molecule has 0 aromatic carbocycles. The molecule has 40 heavy (non-hydrogen) atoms. The topological polar surface area (TPSA) is 345 Å². The van der Waals surface area contributed by atoms with Gasteiger partial charge in [0.25, 0.3) is 13.4 Å². The third-order valence-electron chi connectivity index (χ3n) is 4.48. The first-order valence-electron chi connectivity index (χ1n) is 9.74. The van der Waals surface area contributed by atoms with Crippen LogP contribution in [-0.2, 0) is 27.5 Å². The maximum absolute atomic E-state index is 11.6. The van der Waals surface area contributed by atoms with E-state index in [0.29, 0.717) is 0 Å². The Labute approximate surface area is 290 Å². The van der Waals surface area contributed by atoms with Gasteiger partial charge in [0.05, 0.1) is 21.0 Å². The number of carbonyl (C=O) groups excluding carboxylic acids is 1. The molecule has 0 aliphatic carbocycles. The van der Waals surface area contributed by atoms with Crippen LogP contribution in [0.3, 0.4) is 0 Å². The number of phosphoric acid groups is 2. The number of phosphoric ester groups is 1. The normalized spacial score (nSPS) is 24.8. The molecule has 1 fully saturated rings. The fourth-order valence-corrected chi connectivity index (χ4v) is 4.15. The van der Waals surface area contributed by atoms with E-state index < -0.39 is 89.1 Å². The Bertz CT molecular complexity index is 1100. The number of H-pyrrole nitrogens is 1. The zero-order valence-electron chi connectivity index (χ0n) is 21.2. The zero-order valence-corrected chi connectivity index (χ0v) is 29.0. The monoisotopic (exact) mass is 650 g/mol. The quantitative estimate of drug-likeness (QED) is 0.0626. The molecule has 214 valence electrons. The Morgan fingerprint density at radius 2 is 1.60 bits per heavy atom. The van der Waals surface area contributed by atoms with Crippen molar-refractivity contribution in [2.45, 2.75) is 49.0 Å². The van der Waals surface area contributed by atoms with Crippen molar-refractivity contribution in [2.24, 2.45) is 0 Å². The average Bonchev–Trinajstić information content (AvgIpc) is 3.08. The van der Waals surface area contributed by atoms with Crippen molar-refractivity contribution in [3.63, 3.8) is 0 Å². The van der Waals surface area contributed by atoms with Crippen LogP contribution in [0.2, 0.25) is 0 Å². The van der Waals surface area contributed by atoms with Crippen molar-refractivity contribution in [1.82, 2.24) is 9.55 Å².